The Morgan fingerprint density at radius 3 is 2.50 bits per heavy atom. The van der Waals surface area contributed by atoms with Gasteiger partial charge < -0.3 is 0 Å². The van der Waals surface area contributed by atoms with E-state index in [0.717, 1.165) is 19.3 Å². The molecule has 0 aromatic heterocycles. The Kier molecular flexibility index (Phi) is 2.47. The number of rotatable bonds is 5. The molecule has 1 saturated carbocycles. The monoisotopic (exact) mass is 139 g/mol. The molecule has 0 amide bonds. The van der Waals surface area contributed by atoms with Crippen molar-refractivity contribution < 1.29 is 4.79 Å². The lowest BCUT2D eigenvalue weighted by Crippen LogP contribution is -2.00. The van der Waals surface area contributed by atoms with Gasteiger partial charge in [-0.3, -0.25) is 4.79 Å². The van der Waals surface area contributed by atoms with Crippen molar-refractivity contribution in [3.8, 4) is 0 Å². The van der Waals surface area contributed by atoms with Crippen LogP contribution in [0, 0.1) is 5.41 Å². The van der Waals surface area contributed by atoms with Crippen LogP contribution in [0.2, 0.25) is 0 Å². The van der Waals surface area contributed by atoms with E-state index in [0.29, 0.717) is 0 Å². The maximum Gasteiger partial charge on any atom is 0.205 e. The van der Waals surface area contributed by atoms with Gasteiger partial charge in [0.2, 0.25) is 6.29 Å². The highest BCUT2D eigenvalue weighted by molar-refractivity contribution is 5.64. The largest absolute Gasteiger partial charge is 0.290 e. The van der Waals surface area contributed by atoms with E-state index in [1.54, 1.807) is 0 Å². The highest BCUT2D eigenvalue weighted by atomic mass is 16.1. The number of unbranched alkanes of at least 4 members (excludes halogenated alkanes) is 2. The van der Waals surface area contributed by atoms with Crippen molar-refractivity contribution in [2.24, 2.45) is 5.41 Å². The van der Waals surface area contributed by atoms with Crippen LogP contribution < -0.4 is 0 Å². The Hall–Kier alpha value is -0.330. The van der Waals surface area contributed by atoms with Crippen LogP contribution in [0.25, 0.3) is 0 Å². The first-order valence-electron chi connectivity index (χ1n) is 4.22. The van der Waals surface area contributed by atoms with Crippen molar-refractivity contribution in [3.63, 3.8) is 0 Å². The second-order valence-electron chi connectivity index (χ2n) is 3.34. The van der Waals surface area contributed by atoms with Crippen LogP contribution >= 0.6 is 0 Å². The van der Waals surface area contributed by atoms with Crippen molar-refractivity contribution in [1.29, 1.82) is 0 Å². The molecular weight excluding hydrogens is 124 g/mol. The zero-order valence-electron chi connectivity index (χ0n) is 6.65. The molecule has 1 heteroatoms. The molecule has 1 rings (SSSR count). The summed E-state index contributed by atoms with van der Waals surface area (Å²) in [5.41, 5.74) is 0.0369. The predicted molar refractivity (Wildman–Crippen MR) is 41.5 cm³/mol. The van der Waals surface area contributed by atoms with Gasteiger partial charge in [0.15, 0.2) is 0 Å². The molecule has 1 fully saturated rings. The van der Waals surface area contributed by atoms with E-state index >= 15 is 0 Å². The average Bonchev–Trinajstić information content (AvgIpc) is 2.70. The summed E-state index contributed by atoms with van der Waals surface area (Å²) in [4.78, 5) is 10.4. The fraction of sp³-hybridized carbons (Fsp3) is 0.889. The van der Waals surface area contributed by atoms with E-state index in [4.69, 9.17) is 0 Å². The summed E-state index contributed by atoms with van der Waals surface area (Å²) in [6.07, 6.45) is 9.17. The summed E-state index contributed by atoms with van der Waals surface area (Å²) in [7, 11) is 0. The smallest absolute Gasteiger partial charge is 0.205 e. The lowest BCUT2D eigenvalue weighted by molar-refractivity contribution is 0.483. The minimum Gasteiger partial charge on any atom is -0.290 e. The van der Waals surface area contributed by atoms with Gasteiger partial charge in [-0.2, -0.15) is 0 Å². The van der Waals surface area contributed by atoms with Gasteiger partial charge in [-0.1, -0.05) is 26.2 Å². The topological polar surface area (TPSA) is 17.1 Å². The highest BCUT2D eigenvalue weighted by Crippen LogP contribution is 2.47. The third kappa shape index (κ3) is 1.83. The Labute approximate surface area is 62.8 Å². The van der Waals surface area contributed by atoms with Crippen molar-refractivity contribution in [3.05, 3.63) is 0 Å². The molecule has 1 aliphatic rings. The Morgan fingerprint density at radius 1 is 1.40 bits per heavy atom. The van der Waals surface area contributed by atoms with Crippen molar-refractivity contribution in [1.82, 2.24) is 0 Å². The fourth-order valence-corrected chi connectivity index (χ4v) is 1.27. The molecule has 0 bridgehead atoms. The molecule has 0 N–H and O–H groups in total. The van der Waals surface area contributed by atoms with Gasteiger partial charge in [-0.15, -0.1) is 0 Å². The molecule has 0 aliphatic heterocycles. The third-order valence-electron chi connectivity index (χ3n) is 2.33. The predicted octanol–water partition coefficient (Wildman–Crippen LogP) is 2.46. The second-order valence-corrected chi connectivity index (χ2v) is 3.34. The van der Waals surface area contributed by atoms with Crippen molar-refractivity contribution in [2.75, 3.05) is 0 Å². The van der Waals surface area contributed by atoms with E-state index in [1.165, 1.54) is 19.3 Å². The van der Waals surface area contributed by atoms with Crippen LogP contribution in [0.3, 0.4) is 0 Å². The molecule has 0 spiro atoms. The molecule has 1 aliphatic carbocycles. The molecule has 0 saturated heterocycles. The zero-order chi connectivity index (χ0) is 7.45. The van der Waals surface area contributed by atoms with E-state index in [1.807, 2.05) is 0 Å². The summed E-state index contributed by atoms with van der Waals surface area (Å²) < 4.78 is 0. The lowest BCUT2D eigenvalue weighted by atomic mass is 10.0. The van der Waals surface area contributed by atoms with Gasteiger partial charge in [-0.25, -0.2) is 0 Å². The first kappa shape index (κ1) is 7.77. The van der Waals surface area contributed by atoms with E-state index in [9.17, 15) is 4.79 Å². The Balaban J connectivity index is 2.07. The van der Waals surface area contributed by atoms with Crippen LogP contribution in [-0.4, -0.2) is 6.29 Å². The Morgan fingerprint density at radius 2 is 2.10 bits per heavy atom. The van der Waals surface area contributed by atoms with E-state index in [2.05, 4.69) is 13.2 Å². The number of hydrogen-bond donors (Lipinski definition) is 0. The summed E-state index contributed by atoms with van der Waals surface area (Å²) >= 11 is 0. The Bertz CT molecular complexity index is 114. The van der Waals surface area contributed by atoms with Crippen LogP contribution in [0.5, 0.6) is 0 Å². The van der Waals surface area contributed by atoms with E-state index in [-0.39, 0.29) is 5.41 Å². The molecule has 0 atom stereocenters. The average molecular weight is 139 g/mol. The minimum absolute atomic E-state index is 0.0369. The molecule has 57 valence electrons. The first-order valence-corrected chi connectivity index (χ1v) is 4.22. The molecule has 0 aromatic carbocycles. The molecular formula is C9H15O. The summed E-state index contributed by atoms with van der Waals surface area (Å²) in [5.74, 6) is 0. The summed E-state index contributed by atoms with van der Waals surface area (Å²) in [6.45, 7) is 2.18. The molecule has 0 aromatic rings. The maximum atomic E-state index is 10.4. The van der Waals surface area contributed by atoms with Gasteiger partial charge in [0.05, 0.1) is 0 Å². The van der Waals surface area contributed by atoms with Gasteiger partial charge in [0.25, 0.3) is 0 Å². The van der Waals surface area contributed by atoms with Crippen molar-refractivity contribution in [2.45, 2.75) is 45.4 Å². The van der Waals surface area contributed by atoms with Crippen LogP contribution in [0.4, 0.5) is 0 Å². The number of hydrogen-bond acceptors (Lipinski definition) is 1. The third-order valence-corrected chi connectivity index (χ3v) is 2.33. The first-order chi connectivity index (χ1) is 4.83. The maximum absolute atomic E-state index is 10.4. The lowest BCUT2D eigenvalue weighted by Gasteiger charge is -2.02. The molecule has 0 heterocycles. The fourth-order valence-electron chi connectivity index (χ4n) is 1.27. The van der Waals surface area contributed by atoms with Gasteiger partial charge >= 0.3 is 0 Å². The van der Waals surface area contributed by atoms with Gasteiger partial charge in [0, 0.05) is 5.41 Å². The number of carbonyl (C=O) groups excluding carboxylic acids is 1. The minimum atomic E-state index is 0.0369. The van der Waals surface area contributed by atoms with Gasteiger partial charge in [0.1, 0.15) is 0 Å². The molecule has 1 radical (unpaired) electrons. The molecule has 10 heavy (non-hydrogen) atoms. The molecule has 1 nitrogen and oxygen atoms in total. The van der Waals surface area contributed by atoms with Crippen molar-refractivity contribution >= 4 is 6.29 Å². The zero-order valence-corrected chi connectivity index (χ0v) is 6.65. The molecule has 0 unspecified atom stereocenters. The summed E-state index contributed by atoms with van der Waals surface area (Å²) in [5, 5.41) is 0. The summed E-state index contributed by atoms with van der Waals surface area (Å²) in [6, 6.07) is 0. The second kappa shape index (κ2) is 3.18. The van der Waals surface area contributed by atoms with Crippen LogP contribution in [0.15, 0.2) is 0 Å². The standard InChI is InChI=1S/C9H15O/c1-2-3-4-5-9(8-10)6-7-9/h2-7H2,1H3. The van der Waals surface area contributed by atoms with E-state index < -0.39 is 0 Å². The quantitative estimate of drug-likeness (QED) is 0.535. The highest BCUT2D eigenvalue weighted by Gasteiger charge is 2.42. The SMILES string of the molecule is CCCCCC1([C]=O)CC1. The van der Waals surface area contributed by atoms with Crippen LogP contribution in [0.1, 0.15) is 45.4 Å². The van der Waals surface area contributed by atoms with Gasteiger partial charge in [-0.05, 0) is 19.3 Å². The van der Waals surface area contributed by atoms with Crippen LogP contribution in [-0.2, 0) is 4.79 Å². The normalized spacial score (nSPS) is 20.5.